The number of pyridine rings is 1. The number of alkyl carbamates (subject to hydrolysis) is 1. The molecule has 0 aliphatic rings. The van der Waals surface area contributed by atoms with Gasteiger partial charge in [0.25, 0.3) is 0 Å². The van der Waals surface area contributed by atoms with Gasteiger partial charge in [-0.3, -0.25) is 4.98 Å². The Morgan fingerprint density at radius 1 is 1.50 bits per heavy atom. The highest BCUT2D eigenvalue weighted by molar-refractivity contribution is 5.69. The summed E-state index contributed by atoms with van der Waals surface area (Å²) >= 11 is 0. The number of hydrogen-bond acceptors (Lipinski definition) is 5. The number of rotatable bonds is 2. The van der Waals surface area contributed by atoms with Crippen LogP contribution in [0, 0.1) is 11.8 Å². The Kier molecular flexibility index (Phi) is 4.51. The molecule has 2 heterocycles. The van der Waals surface area contributed by atoms with E-state index in [1.54, 1.807) is 33.0 Å². The number of fused-ring (bicyclic) bond motifs is 1. The molecule has 2 rings (SSSR count). The molecule has 7 nitrogen and oxygen atoms in total. The predicted octanol–water partition coefficient (Wildman–Crippen LogP) is 1.78. The van der Waals surface area contributed by atoms with E-state index >= 15 is 0 Å². The summed E-state index contributed by atoms with van der Waals surface area (Å²) in [6.45, 7) is 5.79. The fourth-order valence-corrected chi connectivity index (χ4v) is 1.61. The minimum Gasteiger partial charge on any atom is -0.444 e. The first-order valence-electron chi connectivity index (χ1n) is 6.78. The smallest absolute Gasteiger partial charge is 0.418 e. The summed E-state index contributed by atoms with van der Waals surface area (Å²) in [6.07, 6.45) is 1.54. The van der Waals surface area contributed by atoms with Gasteiger partial charge in [0.1, 0.15) is 5.60 Å². The van der Waals surface area contributed by atoms with Crippen molar-refractivity contribution in [1.82, 2.24) is 15.3 Å². The molecule has 1 amide bonds. The van der Waals surface area contributed by atoms with Gasteiger partial charge in [-0.25, -0.2) is 14.6 Å². The monoisotopic (exact) mass is 303 g/mol. The summed E-state index contributed by atoms with van der Waals surface area (Å²) in [5.74, 6) is 5.24. The Labute approximate surface area is 127 Å². The van der Waals surface area contributed by atoms with E-state index in [-0.39, 0.29) is 0 Å². The molecule has 0 unspecified atom stereocenters. The topological polar surface area (TPSA) is 97.2 Å². The quantitative estimate of drug-likeness (QED) is 0.651. The van der Waals surface area contributed by atoms with Crippen molar-refractivity contribution in [2.24, 2.45) is 0 Å². The van der Waals surface area contributed by atoms with E-state index in [2.05, 4.69) is 27.1 Å². The lowest BCUT2D eigenvalue weighted by Gasteiger charge is -2.19. The zero-order valence-electron chi connectivity index (χ0n) is 12.6. The molecule has 0 saturated carbocycles. The number of carbonyl (C=O) groups is 1. The number of carbonyl (C=O) groups excluding carboxylic acids is 1. The molecular weight excluding hydrogens is 286 g/mol. The number of nitrogens with one attached hydrogen (secondary N) is 2. The molecule has 0 aromatic carbocycles. The zero-order chi connectivity index (χ0) is 16.2. The molecule has 0 spiro atoms. The molecule has 0 aliphatic carbocycles. The average molecular weight is 303 g/mol. The van der Waals surface area contributed by atoms with Crippen LogP contribution in [0.15, 0.2) is 21.5 Å². The summed E-state index contributed by atoms with van der Waals surface area (Å²) < 4.78 is 10.00. The lowest BCUT2D eigenvalue weighted by molar-refractivity contribution is 0.0529. The number of nitrogens with zero attached hydrogens (tertiary/aromatic N) is 1. The van der Waals surface area contributed by atoms with Gasteiger partial charge >= 0.3 is 11.8 Å². The molecule has 2 N–H and O–H groups in total. The summed E-state index contributed by atoms with van der Waals surface area (Å²) in [5, 5.41) is 2.61. The number of ether oxygens (including phenoxy) is 1. The molecule has 0 atom stereocenters. The Morgan fingerprint density at radius 3 is 3.00 bits per heavy atom. The number of aromatic nitrogens is 2. The maximum Gasteiger partial charge on any atom is 0.418 e. The molecule has 2 aromatic heterocycles. The van der Waals surface area contributed by atoms with Gasteiger partial charge in [0.05, 0.1) is 0 Å². The van der Waals surface area contributed by atoms with Crippen LogP contribution in [0.2, 0.25) is 0 Å². The number of aromatic amines is 1. The second-order valence-corrected chi connectivity index (χ2v) is 5.57. The molecule has 0 radical (unpaired) electrons. The molecule has 22 heavy (non-hydrogen) atoms. The van der Waals surface area contributed by atoms with Gasteiger partial charge in [-0.15, -0.1) is 0 Å². The van der Waals surface area contributed by atoms with Crippen LogP contribution in [0.4, 0.5) is 4.79 Å². The fraction of sp³-hybridized carbons (Fsp3) is 0.400. The lowest BCUT2D eigenvalue weighted by Crippen LogP contribution is -2.32. The van der Waals surface area contributed by atoms with Crippen LogP contribution in [-0.2, 0) is 4.74 Å². The number of H-pyrrole nitrogens is 1. The van der Waals surface area contributed by atoms with Crippen LogP contribution in [-0.4, -0.2) is 28.2 Å². The standard InChI is InChI=1S/C15H17N3O4/c1-15(2,3)22-13(19)16-7-5-4-6-10-8-11-12(17-9-10)18-14(20)21-11/h8-9H,5,7H2,1-3H3,(H,16,19)(H,17,18,20). The van der Waals surface area contributed by atoms with Gasteiger partial charge in [0.2, 0.25) is 0 Å². The molecule has 2 aromatic rings. The molecule has 0 aliphatic heterocycles. The molecule has 0 fully saturated rings. The lowest BCUT2D eigenvalue weighted by atomic mass is 10.2. The Morgan fingerprint density at radius 2 is 2.27 bits per heavy atom. The minimum atomic E-state index is -0.547. The molecular formula is C15H17N3O4. The van der Waals surface area contributed by atoms with Crippen molar-refractivity contribution in [1.29, 1.82) is 0 Å². The summed E-state index contributed by atoms with van der Waals surface area (Å²) in [4.78, 5) is 28.9. The van der Waals surface area contributed by atoms with E-state index in [1.165, 1.54) is 0 Å². The highest BCUT2D eigenvalue weighted by Gasteiger charge is 2.15. The van der Waals surface area contributed by atoms with Crippen molar-refractivity contribution < 1.29 is 13.9 Å². The molecule has 116 valence electrons. The van der Waals surface area contributed by atoms with E-state index in [0.29, 0.717) is 29.8 Å². The van der Waals surface area contributed by atoms with E-state index in [4.69, 9.17) is 9.15 Å². The van der Waals surface area contributed by atoms with E-state index in [1.807, 2.05) is 0 Å². The SMILES string of the molecule is CC(C)(C)OC(=O)NCCC#Cc1cnc2[nH]c(=O)oc2c1. The van der Waals surface area contributed by atoms with Gasteiger partial charge < -0.3 is 14.5 Å². The van der Waals surface area contributed by atoms with Gasteiger partial charge in [-0.05, 0) is 20.8 Å². The summed E-state index contributed by atoms with van der Waals surface area (Å²) in [7, 11) is 0. The summed E-state index contributed by atoms with van der Waals surface area (Å²) in [5.41, 5.74) is 0.871. The van der Waals surface area contributed by atoms with Gasteiger partial charge in [0.15, 0.2) is 11.2 Å². The Bertz CT molecular complexity index is 787. The predicted molar refractivity (Wildman–Crippen MR) is 80.4 cm³/mol. The second kappa shape index (κ2) is 6.35. The number of amides is 1. The van der Waals surface area contributed by atoms with Gasteiger partial charge in [-0.1, -0.05) is 11.8 Å². The van der Waals surface area contributed by atoms with Crippen molar-refractivity contribution in [2.45, 2.75) is 32.8 Å². The molecule has 0 saturated heterocycles. The third-order valence-electron chi connectivity index (χ3n) is 2.43. The third kappa shape index (κ3) is 4.66. The Balaban J connectivity index is 1.85. The normalized spacial score (nSPS) is 10.9. The van der Waals surface area contributed by atoms with Crippen LogP contribution in [0.5, 0.6) is 0 Å². The second-order valence-electron chi connectivity index (χ2n) is 5.57. The van der Waals surface area contributed by atoms with Crippen molar-refractivity contribution in [2.75, 3.05) is 6.54 Å². The first-order chi connectivity index (χ1) is 10.3. The highest BCUT2D eigenvalue weighted by atomic mass is 16.6. The van der Waals surface area contributed by atoms with Gasteiger partial charge in [0, 0.05) is 30.8 Å². The number of hydrogen-bond donors (Lipinski definition) is 2. The maximum atomic E-state index is 11.4. The maximum absolute atomic E-state index is 11.4. The van der Waals surface area contributed by atoms with Crippen LogP contribution < -0.4 is 11.1 Å². The van der Waals surface area contributed by atoms with Crippen molar-refractivity contribution in [3.05, 3.63) is 28.4 Å². The van der Waals surface area contributed by atoms with Crippen molar-refractivity contribution in [3.63, 3.8) is 0 Å². The highest BCUT2D eigenvalue weighted by Crippen LogP contribution is 2.08. The van der Waals surface area contributed by atoms with Crippen LogP contribution in [0.3, 0.4) is 0 Å². The third-order valence-corrected chi connectivity index (χ3v) is 2.43. The molecule has 7 heteroatoms. The summed E-state index contributed by atoms with van der Waals surface area (Å²) in [6, 6.07) is 1.63. The largest absolute Gasteiger partial charge is 0.444 e. The minimum absolute atomic E-state index is 0.365. The average Bonchev–Trinajstić information content (AvgIpc) is 2.75. The van der Waals surface area contributed by atoms with E-state index in [0.717, 1.165) is 0 Å². The first-order valence-corrected chi connectivity index (χ1v) is 6.78. The van der Waals surface area contributed by atoms with Crippen LogP contribution in [0.25, 0.3) is 11.2 Å². The van der Waals surface area contributed by atoms with Crippen LogP contribution >= 0.6 is 0 Å². The number of oxazole rings is 1. The van der Waals surface area contributed by atoms with Crippen molar-refractivity contribution >= 4 is 17.3 Å². The van der Waals surface area contributed by atoms with E-state index < -0.39 is 17.5 Å². The first kappa shape index (κ1) is 15.6. The zero-order valence-corrected chi connectivity index (χ0v) is 12.6. The van der Waals surface area contributed by atoms with Gasteiger partial charge in [-0.2, -0.15) is 0 Å². The van der Waals surface area contributed by atoms with Crippen LogP contribution in [0.1, 0.15) is 32.8 Å². The molecule has 0 bridgehead atoms. The van der Waals surface area contributed by atoms with Crippen molar-refractivity contribution in [3.8, 4) is 11.8 Å². The van der Waals surface area contributed by atoms with E-state index in [9.17, 15) is 9.59 Å². The Hall–Kier alpha value is -2.75. The fourth-order valence-electron chi connectivity index (χ4n) is 1.61.